The number of para-hydroxylation sites is 2. The van der Waals surface area contributed by atoms with Crippen molar-refractivity contribution < 1.29 is 9.72 Å². The molecule has 0 atom stereocenters. The van der Waals surface area contributed by atoms with E-state index in [0.717, 1.165) is 10.0 Å². The largest absolute Gasteiger partial charge is 0.334 e. The van der Waals surface area contributed by atoms with E-state index in [2.05, 4.69) is 26.6 Å². The maximum atomic E-state index is 11.8. The second-order valence-electron chi connectivity index (χ2n) is 4.21. The lowest BCUT2D eigenvalue weighted by Gasteiger charge is -2.08. The third-order valence-corrected chi connectivity index (χ3v) is 3.24. The second-order valence-corrected chi connectivity index (χ2v) is 5.12. The van der Waals surface area contributed by atoms with Gasteiger partial charge in [0, 0.05) is 17.1 Å². The van der Waals surface area contributed by atoms with Crippen LogP contribution in [-0.2, 0) is 6.54 Å². The lowest BCUT2D eigenvalue weighted by atomic mass is 10.2. The summed E-state index contributed by atoms with van der Waals surface area (Å²) in [6.07, 6.45) is 0. The van der Waals surface area contributed by atoms with Crippen molar-refractivity contribution in [1.29, 1.82) is 0 Å². The normalized spacial score (nSPS) is 9.95. The molecule has 0 aliphatic carbocycles. The van der Waals surface area contributed by atoms with E-state index in [1.165, 1.54) is 12.1 Å². The molecule has 0 fully saturated rings. The molecule has 0 bridgehead atoms. The molecule has 2 N–H and O–H groups in total. The second kappa shape index (κ2) is 6.85. The highest BCUT2D eigenvalue weighted by atomic mass is 79.9. The maximum Gasteiger partial charge on any atom is 0.319 e. The Morgan fingerprint density at radius 1 is 1.14 bits per heavy atom. The molecule has 7 heteroatoms. The number of rotatable bonds is 4. The fraction of sp³-hybridized carbons (Fsp3) is 0.0714. The number of halogens is 1. The number of nitrogens with one attached hydrogen (secondary N) is 2. The topological polar surface area (TPSA) is 84.3 Å². The van der Waals surface area contributed by atoms with Crippen LogP contribution >= 0.6 is 15.9 Å². The van der Waals surface area contributed by atoms with Gasteiger partial charge in [-0.3, -0.25) is 10.1 Å². The molecule has 0 radical (unpaired) electrons. The van der Waals surface area contributed by atoms with Crippen LogP contribution in [0.3, 0.4) is 0 Å². The summed E-state index contributed by atoms with van der Waals surface area (Å²) in [7, 11) is 0. The number of hydrogen-bond donors (Lipinski definition) is 2. The van der Waals surface area contributed by atoms with Gasteiger partial charge in [0.2, 0.25) is 0 Å². The number of nitro benzene ring substituents is 1. The van der Waals surface area contributed by atoms with E-state index in [1.807, 2.05) is 24.3 Å². The lowest BCUT2D eigenvalue weighted by Crippen LogP contribution is -2.28. The predicted molar refractivity (Wildman–Crippen MR) is 83.1 cm³/mol. The summed E-state index contributed by atoms with van der Waals surface area (Å²) in [6.45, 7) is 0.333. The molecule has 108 valence electrons. The average Bonchev–Trinajstić information content (AvgIpc) is 2.47. The molecule has 2 amide bonds. The molecular formula is C14H12BrN3O3. The fourth-order valence-electron chi connectivity index (χ4n) is 1.69. The Balaban J connectivity index is 1.96. The molecule has 21 heavy (non-hydrogen) atoms. The Morgan fingerprint density at radius 2 is 1.81 bits per heavy atom. The van der Waals surface area contributed by atoms with Crippen LogP contribution in [0.1, 0.15) is 5.56 Å². The molecule has 0 saturated carbocycles. The van der Waals surface area contributed by atoms with E-state index in [1.54, 1.807) is 12.1 Å². The summed E-state index contributed by atoms with van der Waals surface area (Å²) >= 11 is 3.33. The first-order valence-corrected chi connectivity index (χ1v) is 6.88. The molecule has 0 unspecified atom stereocenters. The number of nitro groups is 1. The van der Waals surface area contributed by atoms with Gasteiger partial charge in [0.25, 0.3) is 5.69 Å². The molecule has 2 aromatic carbocycles. The highest BCUT2D eigenvalue weighted by Gasteiger charge is 2.14. The maximum absolute atomic E-state index is 11.8. The first kappa shape index (κ1) is 15.0. The average molecular weight is 350 g/mol. The zero-order valence-corrected chi connectivity index (χ0v) is 12.5. The van der Waals surface area contributed by atoms with Gasteiger partial charge in [-0.25, -0.2) is 4.79 Å². The Bertz CT molecular complexity index is 659. The summed E-state index contributed by atoms with van der Waals surface area (Å²) in [6, 6.07) is 13.0. The number of carbonyl (C=O) groups excluding carboxylic acids is 1. The first-order chi connectivity index (χ1) is 10.1. The minimum absolute atomic E-state index is 0.142. The monoisotopic (exact) mass is 349 g/mol. The minimum Gasteiger partial charge on any atom is -0.334 e. The summed E-state index contributed by atoms with van der Waals surface area (Å²) in [5, 5.41) is 16.0. The molecule has 2 aromatic rings. The number of benzene rings is 2. The van der Waals surface area contributed by atoms with E-state index >= 15 is 0 Å². The standard InChI is InChI=1S/C14H12BrN3O3/c15-11-7-5-10(6-8-11)9-16-14(19)17-12-3-1-2-4-13(12)18(20)21/h1-8H,9H2,(H2,16,17,19). The number of amides is 2. The van der Waals surface area contributed by atoms with Gasteiger partial charge in [-0.15, -0.1) is 0 Å². The Labute approximate surface area is 129 Å². The van der Waals surface area contributed by atoms with Gasteiger partial charge in [0.15, 0.2) is 0 Å². The van der Waals surface area contributed by atoms with Gasteiger partial charge in [0.1, 0.15) is 5.69 Å². The van der Waals surface area contributed by atoms with Crippen LogP contribution in [0.15, 0.2) is 53.0 Å². The van der Waals surface area contributed by atoms with Crippen molar-refractivity contribution in [2.24, 2.45) is 0 Å². The van der Waals surface area contributed by atoms with Gasteiger partial charge < -0.3 is 10.6 Å². The molecule has 0 aliphatic rings. The predicted octanol–water partition coefficient (Wildman–Crippen LogP) is 3.68. The van der Waals surface area contributed by atoms with Gasteiger partial charge >= 0.3 is 6.03 Å². The van der Waals surface area contributed by atoms with Crippen molar-refractivity contribution in [2.75, 3.05) is 5.32 Å². The quantitative estimate of drug-likeness (QED) is 0.652. The molecule has 6 nitrogen and oxygen atoms in total. The van der Waals surface area contributed by atoms with Crippen LogP contribution < -0.4 is 10.6 Å². The number of hydrogen-bond acceptors (Lipinski definition) is 3. The van der Waals surface area contributed by atoms with E-state index in [-0.39, 0.29) is 11.4 Å². The highest BCUT2D eigenvalue weighted by molar-refractivity contribution is 9.10. The van der Waals surface area contributed by atoms with Crippen LogP contribution in [0.4, 0.5) is 16.2 Å². The van der Waals surface area contributed by atoms with Crippen LogP contribution in [0.2, 0.25) is 0 Å². The van der Waals surface area contributed by atoms with Crippen molar-refractivity contribution in [3.05, 3.63) is 68.7 Å². The zero-order valence-electron chi connectivity index (χ0n) is 10.9. The summed E-state index contributed by atoms with van der Waals surface area (Å²) in [5.74, 6) is 0. The number of urea groups is 1. The summed E-state index contributed by atoms with van der Waals surface area (Å²) in [5.41, 5.74) is 0.947. The van der Waals surface area contributed by atoms with Crippen molar-refractivity contribution in [3.63, 3.8) is 0 Å². The summed E-state index contributed by atoms with van der Waals surface area (Å²) < 4.78 is 0.954. The van der Waals surface area contributed by atoms with Crippen LogP contribution in [-0.4, -0.2) is 11.0 Å². The number of nitrogens with zero attached hydrogens (tertiary/aromatic N) is 1. The van der Waals surface area contributed by atoms with Crippen LogP contribution in [0.25, 0.3) is 0 Å². The minimum atomic E-state index is -0.537. The van der Waals surface area contributed by atoms with E-state index in [9.17, 15) is 14.9 Å². The van der Waals surface area contributed by atoms with Crippen molar-refractivity contribution in [1.82, 2.24) is 5.32 Å². The van der Waals surface area contributed by atoms with Crippen molar-refractivity contribution >= 4 is 33.3 Å². The molecule has 2 rings (SSSR count). The van der Waals surface area contributed by atoms with Crippen LogP contribution in [0, 0.1) is 10.1 Å². The molecule has 0 spiro atoms. The molecule has 0 aromatic heterocycles. The van der Waals surface area contributed by atoms with E-state index in [0.29, 0.717) is 6.54 Å². The van der Waals surface area contributed by atoms with E-state index in [4.69, 9.17) is 0 Å². The third kappa shape index (κ3) is 4.28. The molecule has 0 saturated heterocycles. The molecule has 0 heterocycles. The lowest BCUT2D eigenvalue weighted by molar-refractivity contribution is -0.383. The highest BCUT2D eigenvalue weighted by Crippen LogP contribution is 2.22. The van der Waals surface area contributed by atoms with Gasteiger partial charge in [-0.05, 0) is 23.8 Å². The fourth-order valence-corrected chi connectivity index (χ4v) is 1.95. The number of anilines is 1. The molecule has 0 aliphatic heterocycles. The first-order valence-electron chi connectivity index (χ1n) is 6.09. The Morgan fingerprint density at radius 3 is 2.48 bits per heavy atom. The van der Waals surface area contributed by atoms with Crippen molar-refractivity contribution in [2.45, 2.75) is 6.54 Å². The van der Waals surface area contributed by atoms with Crippen LogP contribution in [0.5, 0.6) is 0 Å². The number of carbonyl (C=O) groups is 1. The van der Waals surface area contributed by atoms with Crippen molar-refractivity contribution in [3.8, 4) is 0 Å². The van der Waals surface area contributed by atoms with Gasteiger partial charge in [0.05, 0.1) is 4.92 Å². The Hall–Kier alpha value is -2.41. The smallest absolute Gasteiger partial charge is 0.319 e. The molecular weight excluding hydrogens is 338 g/mol. The SMILES string of the molecule is O=C(NCc1ccc(Br)cc1)Nc1ccccc1[N+](=O)[O-]. The van der Waals surface area contributed by atoms with E-state index < -0.39 is 11.0 Å². The summed E-state index contributed by atoms with van der Waals surface area (Å²) in [4.78, 5) is 22.1. The third-order valence-electron chi connectivity index (χ3n) is 2.72. The Kier molecular flexibility index (Phi) is 4.89. The zero-order chi connectivity index (χ0) is 15.2. The van der Waals surface area contributed by atoms with Gasteiger partial charge in [-0.1, -0.05) is 40.2 Å². The van der Waals surface area contributed by atoms with Gasteiger partial charge in [-0.2, -0.15) is 0 Å².